The number of halogens is 2. The summed E-state index contributed by atoms with van der Waals surface area (Å²) in [4.78, 5) is 10.9. The molecule has 0 aliphatic rings. The quantitative estimate of drug-likeness (QED) is 0.490. The van der Waals surface area contributed by atoms with Gasteiger partial charge in [-0.15, -0.1) is 0 Å². The average Bonchev–Trinajstić information content (AvgIpc) is 2.56. The topological polar surface area (TPSA) is 70.3 Å². The van der Waals surface area contributed by atoms with E-state index < -0.39 is 5.97 Å². The maximum Gasteiger partial charge on any atom is 0.335 e. The lowest BCUT2D eigenvalue weighted by Gasteiger charge is -2.09. The van der Waals surface area contributed by atoms with Gasteiger partial charge < -0.3 is 9.84 Å². The number of carboxylic acid groups (broad SMARTS) is 1. The molecule has 6 heteroatoms. The molecule has 0 bridgehead atoms. The highest BCUT2D eigenvalue weighted by Crippen LogP contribution is 2.35. The molecular formula is C18H13Br2NO3. The molecule has 0 aliphatic carbocycles. The molecular weight excluding hydrogens is 438 g/mol. The molecule has 2 rings (SSSR count). The van der Waals surface area contributed by atoms with Crippen LogP contribution in [-0.4, -0.2) is 17.7 Å². The second-order valence-electron chi connectivity index (χ2n) is 4.80. The van der Waals surface area contributed by atoms with Crippen LogP contribution in [0.25, 0.3) is 11.6 Å². The smallest absolute Gasteiger partial charge is 0.335 e. The highest BCUT2D eigenvalue weighted by molar-refractivity contribution is 9.11. The van der Waals surface area contributed by atoms with Crippen molar-refractivity contribution >= 4 is 49.5 Å². The highest BCUT2D eigenvalue weighted by atomic mass is 79.9. The average molecular weight is 451 g/mol. The van der Waals surface area contributed by atoms with Crippen molar-refractivity contribution in [2.45, 2.75) is 6.92 Å². The van der Waals surface area contributed by atoms with Gasteiger partial charge in [-0.1, -0.05) is 12.1 Å². The Hall–Kier alpha value is -2.10. The van der Waals surface area contributed by atoms with Crippen molar-refractivity contribution in [2.75, 3.05) is 6.61 Å². The SMILES string of the molecule is CCOc1c(Br)cc(/C=C(/C#N)c2ccc(C(=O)O)cc2)cc1Br. The summed E-state index contributed by atoms with van der Waals surface area (Å²) in [5, 5.41) is 18.3. The molecule has 2 aromatic rings. The van der Waals surface area contributed by atoms with E-state index in [9.17, 15) is 10.1 Å². The first-order chi connectivity index (χ1) is 11.5. The molecule has 0 heterocycles. The van der Waals surface area contributed by atoms with Crippen molar-refractivity contribution in [3.63, 3.8) is 0 Å². The minimum absolute atomic E-state index is 0.183. The molecule has 1 N–H and O–H groups in total. The molecule has 4 nitrogen and oxygen atoms in total. The van der Waals surface area contributed by atoms with Crippen molar-refractivity contribution in [3.05, 3.63) is 62.0 Å². The number of nitriles is 1. The summed E-state index contributed by atoms with van der Waals surface area (Å²) >= 11 is 6.92. The molecule has 0 radical (unpaired) electrons. The van der Waals surface area contributed by atoms with E-state index in [4.69, 9.17) is 9.84 Å². The van der Waals surface area contributed by atoms with E-state index in [1.807, 2.05) is 19.1 Å². The number of nitrogens with zero attached hydrogens (tertiary/aromatic N) is 1. The van der Waals surface area contributed by atoms with Crippen molar-refractivity contribution < 1.29 is 14.6 Å². The lowest BCUT2D eigenvalue weighted by atomic mass is 10.0. The fourth-order valence-corrected chi connectivity index (χ4v) is 3.54. The molecule has 0 aliphatic heterocycles. The Labute approximate surface area is 156 Å². The Morgan fingerprint density at radius 1 is 1.21 bits per heavy atom. The molecule has 0 unspecified atom stereocenters. The van der Waals surface area contributed by atoms with E-state index in [0.29, 0.717) is 23.5 Å². The van der Waals surface area contributed by atoms with E-state index >= 15 is 0 Å². The fraction of sp³-hybridized carbons (Fsp3) is 0.111. The van der Waals surface area contributed by atoms with Gasteiger partial charge in [0, 0.05) is 0 Å². The Kier molecular flexibility index (Phi) is 6.18. The van der Waals surface area contributed by atoms with Crippen molar-refractivity contribution in [1.29, 1.82) is 5.26 Å². The molecule has 2 aromatic carbocycles. The summed E-state index contributed by atoms with van der Waals surface area (Å²) in [5.41, 5.74) is 2.09. The monoisotopic (exact) mass is 449 g/mol. The first kappa shape index (κ1) is 18.2. The molecule has 0 atom stereocenters. The van der Waals surface area contributed by atoms with E-state index in [0.717, 1.165) is 14.5 Å². The number of benzene rings is 2. The third-order valence-corrected chi connectivity index (χ3v) is 4.36. The van der Waals surface area contributed by atoms with Gasteiger partial charge in [0.25, 0.3) is 0 Å². The number of aromatic carboxylic acids is 1. The largest absolute Gasteiger partial charge is 0.492 e. The predicted molar refractivity (Wildman–Crippen MR) is 99.9 cm³/mol. The van der Waals surface area contributed by atoms with Crippen LogP contribution in [0, 0.1) is 11.3 Å². The zero-order valence-corrected chi connectivity index (χ0v) is 15.9. The second kappa shape index (κ2) is 8.13. The van der Waals surface area contributed by atoms with Gasteiger partial charge in [-0.25, -0.2) is 4.79 Å². The van der Waals surface area contributed by atoms with Gasteiger partial charge in [0.1, 0.15) is 5.75 Å². The maximum atomic E-state index is 10.9. The van der Waals surface area contributed by atoms with Crippen LogP contribution in [0.4, 0.5) is 0 Å². The zero-order chi connectivity index (χ0) is 17.7. The van der Waals surface area contributed by atoms with Gasteiger partial charge in [0.05, 0.1) is 32.8 Å². The van der Waals surface area contributed by atoms with Gasteiger partial charge in [-0.2, -0.15) is 5.26 Å². The number of ether oxygens (including phenoxy) is 1. The standard InChI is InChI=1S/C18H13Br2NO3/c1-2-24-17-15(19)8-11(9-16(17)20)7-14(10-21)12-3-5-13(6-4-12)18(22)23/h3-9H,2H2,1H3,(H,22,23)/b14-7-. The lowest BCUT2D eigenvalue weighted by molar-refractivity contribution is 0.0697. The highest BCUT2D eigenvalue weighted by Gasteiger charge is 2.09. The molecule has 0 spiro atoms. The predicted octanol–water partition coefficient (Wildman–Crippen LogP) is 5.37. The van der Waals surface area contributed by atoms with Crippen LogP contribution in [0.3, 0.4) is 0 Å². The summed E-state index contributed by atoms with van der Waals surface area (Å²) in [6.07, 6.45) is 1.74. The van der Waals surface area contributed by atoms with Crippen LogP contribution in [0.5, 0.6) is 5.75 Å². The minimum atomic E-state index is -0.997. The molecule has 24 heavy (non-hydrogen) atoms. The Bertz CT molecular complexity index is 813. The van der Waals surface area contributed by atoms with Gasteiger partial charge in [0.15, 0.2) is 0 Å². The van der Waals surface area contributed by atoms with Gasteiger partial charge in [0.2, 0.25) is 0 Å². The molecule has 122 valence electrons. The Morgan fingerprint density at radius 2 is 1.75 bits per heavy atom. The van der Waals surface area contributed by atoms with E-state index in [-0.39, 0.29) is 5.56 Å². The van der Waals surface area contributed by atoms with E-state index in [2.05, 4.69) is 37.9 Å². The van der Waals surface area contributed by atoms with Gasteiger partial charge >= 0.3 is 5.97 Å². The first-order valence-corrected chi connectivity index (χ1v) is 8.62. The Balaban J connectivity index is 2.40. The molecule has 0 saturated carbocycles. The van der Waals surface area contributed by atoms with Crippen LogP contribution in [0.15, 0.2) is 45.3 Å². The normalized spacial score (nSPS) is 11.0. The number of hydrogen-bond donors (Lipinski definition) is 1. The molecule has 0 saturated heterocycles. The lowest BCUT2D eigenvalue weighted by Crippen LogP contribution is -1.96. The first-order valence-electron chi connectivity index (χ1n) is 7.03. The zero-order valence-electron chi connectivity index (χ0n) is 12.7. The van der Waals surface area contributed by atoms with Crippen LogP contribution >= 0.6 is 31.9 Å². The third kappa shape index (κ3) is 4.25. The summed E-state index contributed by atoms with van der Waals surface area (Å²) in [5.74, 6) is -0.289. The number of carbonyl (C=O) groups is 1. The van der Waals surface area contributed by atoms with Crippen LogP contribution < -0.4 is 4.74 Å². The van der Waals surface area contributed by atoms with Crippen LogP contribution in [0.1, 0.15) is 28.4 Å². The number of allylic oxidation sites excluding steroid dienone is 1. The van der Waals surface area contributed by atoms with Gasteiger partial charge in [-0.05, 0) is 80.3 Å². The molecule has 0 amide bonds. The Morgan fingerprint density at radius 3 is 2.21 bits per heavy atom. The molecule has 0 fully saturated rings. The summed E-state index contributed by atoms with van der Waals surface area (Å²) in [6, 6.07) is 12.1. The van der Waals surface area contributed by atoms with Crippen molar-refractivity contribution in [3.8, 4) is 11.8 Å². The summed E-state index contributed by atoms with van der Waals surface area (Å²) in [7, 11) is 0. The van der Waals surface area contributed by atoms with Crippen molar-refractivity contribution in [1.82, 2.24) is 0 Å². The van der Waals surface area contributed by atoms with Crippen LogP contribution in [0.2, 0.25) is 0 Å². The maximum absolute atomic E-state index is 10.9. The number of rotatable bonds is 5. The third-order valence-electron chi connectivity index (χ3n) is 3.18. The summed E-state index contributed by atoms with van der Waals surface area (Å²) in [6.45, 7) is 2.45. The molecule has 0 aromatic heterocycles. The minimum Gasteiger partial charge on any atom is -0.492 e. The number of carboxylic acids is 1. The van der Waals surface area contributed by atoms with E-state index in [1.54, 1.807) is 18.2 Å². The second-order valence-corrected chi connectivity index (χ2v) is 6.51. The van der Waals surface area contributed by atoms with E-state index in [1.165, 1.54) is 12.1 Å². The van der Waals surface area contributed by atoms with Crippen LogP contribution in [-0.2, 0) is 0 Å². The van der Waals surface area contributed by atoms with Gasteiger partial charge in [-0.3, -0.25) is 0 Å². The number of hydrogen-bond acceptors (Lipinski definition) is 3. The van der Waals surface area contributed by atoms with Crippen molar-refractivity contribution in [2.24, 2.45) is 0 Å². The summed E-state index contributed by atoms with van der Waals surface area (Å²) < 4.78 is 7.10. The fourth-order valence-electron chi connectivity index (χ4n) is 2.08.